The zero-order valence-corrected chi connectivity index (χ0v) is 23.5. The molecule has 43 heavy (non-hydrogen) atoms. The molecule has 0 aliphatic heterocycles. The Balaban J connectivity index is 1.92. The van der Waals surface area contributed by atoms with Gasteiger partial charge in [0.15, 0.2) is 0 Å². The van der Waals surface area contributed by atoms with Crippen LogP contribution in [0.1, 0.15) is 66.1 Å². The summed E-state index contributed by atoms with van der Waals surface area (Å²) in [6.07, 6.45) is 5.92. The summed E-state index contributed by atoms with van der Waals surface area (Å²) in [7, 11) is 0. The summed E-state index contributed by atoms with van der Waals surface area (Å²) in [6.45, 7) is 7.74. The monoisotopic (exact) mass is 580 g/mol. The Kier molecular flexibility index (Phi) is 12.0. The Morgan fingerprint density at radius 2 is 1.67 bits per heavy atom. The van der Waals surface area contributed by atoms with Gasteiger partial charge in [0.05, 0.1) is 11.1 Å². The van der Waals surface area contributed by atoms with Gasteiger partial charge in [-0.2, -0.15) is 5.53 Å². The van der Waals surface area contributed by atoms with Gasteiger partial charge in [0.2, 0.25) is 0 Å². The van der Waals surface area contributed by atoms with Gasteiger partial charge in [0, 0.05) is 11.6 Å². The predicted octanol–water partition coefficient (Wildman–Crippen LogP) is 7.01. The van der Waals surface area contributed by atoms with E-state index in [4.69, 9.17) is 5.53 Å². The fraction of sp³-hybridized carbons (Fsp3) is 0.286. The fourth-order valence-electron chi connectivity index (χ4n) is 4.36. The quantitative estimate of drug-likeness (QED) is 0.107. The first-order chi connectivity index (χ1) is 20.8. The molecule has 0 heterocycles. The molecule has 15 heteroatoms. The summed E-state index contributed by atoms with van der Waals surface area (Å²) < 4.78 is 0. The van der Waals surface area contributed by atoms with Gasteiger partial charge < -0.3 is 15.5 Å². The molecule has 0 unspecified atom stereocenters. The van der Waals surface area contributed by atoms with E-state index in [9.17, 15) is 15.0 Å². The zero-order chi connectivity index (χ0) is 31.0. The first-order valence-electron chi connectivity index (χ1n) is 13.0. The number of hydrogen-bond acceptors (Lipinski definition) is 5. The van der Waals surface area contributed by atoms with E-state index >= 15 is 0 Å². The van der Waals surface area contributed by atoms with Crippen molar-refractivity contribution in [1.82, 2.24) is 5.32 Å². The Bertz CT molecular complexity index is 1650. The third kappa shape index (κ3) is 9.29. The van der Waals surface area contributed by atoms with Crippen LogP contribution >= 0.6 is 0 Å². The van der Waals surface area contributed by atoms with E-state index in [-0.39, 0.29) is 34.2 Å². The third-order valence-electron chi connectivity index (χ3n) is 6.18. The Morgan fingerprint density at radius 3 is 2.35 bits per heavy atom. The van der Waals surface area contributed by atoms with Crippen molar-refractivity contribution in [3.63, 3.8) is 0 Å². The van der Waals surface area contributed by atoms with Crippen LogP contribution in [0, 0.1) is 36.1 Å². The Hall–Kier alpha value is -5.96. The lowest BCUT2D eigenvalue weighted by molar-refractivity contribution is 0.0925. The van der Waals surface area contributed by atoms with Crippen molar-refractivity contribution in [2.45, 2.75) is 52.0 Å². The second-order valence-corrected chi connectivity index (χ2v) is 9.26. The molecule has 0 radical (unpaired) electrons. The minimum atomic E-state index is -0.488. The summed E-state index contributed by atoms with van der Waals surface area (Å²) in [5.74, 6) is 9.26. The number of hydrogen-bond donors (Lipinski definition) is 4. The maximum atomic E-state index is 13.5. The molecule has 1 saturated carbocycles. The molecule has 0 saturated heterocycles. The van der Waals surface area contributed by atoms with Gasteiger partial charge in [-0.3, -0.25) is 4.79 Å². The van der Waals surface area contributed by atoms with Crippen molar-refractivity contribution in [2.24, 2.45) is 52.1 Å². The minimum Gasteiger partial charge on any atom is -0.507 e. The highest BCUT2D eigenvalue weighted by molar-refractivity contribution is 6.03. The molecule has 0 spiro atoms. The molecule has 1 aliphatic rings. The molecule has 3 rings (SSSR count). The number of aryl methyl sites for hydroxylation is 1. The second kappa shape index (κ2) is 16.3. The molecule has 0 bridgehead atoms. The number of benzene rings is 2. The molecule has 4 N–H and O–H groups in total. The zero-order valence-electron chi connectivity index (χ0n) is 23.5. The van der Waals surface area contributed by atoms with Crippen molar-refractivity contribution in [3.05, 3.63) is 53.1 Å². The number of aromatic hydroxyl groups is 2. The van der Waals surface area contributed by atoms with Gasteiger partial charge in [-0.05, 0) is 109 Å². The van der Waals surface area contributed by atoms with Crippen LogP contribution in [0.15, 0.2) is 83.0 Å². The van der Waals surface area contributed by atoms with Crippen molar-refractivity contribution in [3.8, 4) is 46.3 Å². The van der Waals surface area contributed by atoms with Crippen LogP contribution in [0.2, 0.25) is 0 Å². The highest BCUT2D eigenvalue weighted by Crippen LogP contribution is 2.44. The lowest BCUT2D eigenvalue weighted by Crippen LogP contribution is -2.36. The van der Waals surface area contributed by atoms with Crippen LogP contribution in [-0.4, -0.2) is 28.4 Å². The number of nitrogens with one attached hydrogen (secondary N) is 2. The first kappa shape index (κ1) is 31.6. The summed E-state index contributed by atoms with van der Waals surface area (Å²) in [5.41, 5.74) is 9.43. The number of nitrogens with zero attached hydrogens (tertiary/aromatic N) is 10. The summed E-state index contributed by atoms with van der Waals surface area (Å²) >= 11 is 0. The Morgan fingerprint density at radius 1 is 1.00 bits per heavy atom. The third-order valence-corrected chi connectivity index (χ3v) is 6.18. The van der Waals surface area contributed by atoms with Crippen molar-refractivity contribution in [2.75, 3.05) is 0 Å². The standard InChI is InChI=1S/C28H28N12O3/c1-18(2)22-14-13-19(3)16-23(22)26-24(41)17-20(25(27(26)42)28(43)31-21-11-7-4-8-12-21)10-6-5-9-15-30-33-35-37-39-40-38-36-34-32-29/h13-17,21,29,41-42H,1,4,7-8,11-12H2,2-3H3,(H,31,43)/b30-15+,32-29?,35-33+,36-34+,39-37+,40-38+. The molecular formula is C28H28N12O3. The largest absolute Gasteiger partial charge is 0.507 e. The topological polar surface area (TPSA) is 217 Å². The molecule has 1 fully saturated rings. The predicted molar refractivity (Wildman–Crippen MR) is 157 cm³/mol. The first-order valence-corrected chi connectivity index (χ1v) is 13.0. The number of carbonyl (C=O) groups is 1. The maximum absolute atomic E-state index is 13.5. The highest BCUT2D eigenvalue weighted by atomic mass is 16.3. The maximum Gasteiger partial charge on any atom is 0.256 e. The Labute approximate surface area is 247 Å². The van der Waals surface area contributed by atoms with E-state index in [1.807, 2.05) is 32.0 Å². The number of amides is 1. The second-order valence-electron chi connectivity index (χ2n) is 9.26. The fourth-order valence-corrected chi connectivity index (χ4v) is 4.36. The van der Waals surface area contributed by atoms with Crippen LogP contribution in [0.3, 0.4) is 0 Å². The van der Waals surface area contributed by atoms with Gasteiger partial charge in [-0.25, -0.2) is 0 Å². The summed E-state index contributed by atoms with van der Waals surface area (Å²) in [5, 5.41) is 56.2. The number of rotatable bonds is 9. The van der Waals surface area contributed by atoms with Gasteiger partial charge in [-0.1, -0.05) is 61.1 Å². The normalized spacial score (nSPS) is 13.8. The molecular weight excluding hydrogens is 552 g/mol. The molecule has 15 nitrogen and oxygen atoms in total. The van der Waals surface area contributed by atoms with Crippen molar-refractivity contribution in [1.29, 1.82) is 5.53 Å². The SMILES string of the molecule is C=C(C)c1ccc(C)cc1-c1c(O)cc(C#CC#C/C=N/N=N/N=N/N=N/N=N/N=N)c(C(=O)NC2CCCCC2)c1O. The average molecular weight is 581 g/mol. The van der Waals surface area contributed by atoms with Gasteiger partial charge in [0.25, 0.3) is 5.91 Å². The van der Waals surface area contributed by atoms with Gasteiger partial charge in [0.1, 0.15) is 17.7 Å². The molecule has 2 aromatic carbocycles. The minimum absolute atomic E-state index is 0.0217. The molecule has 1 aliphatic carbocycles. The van der Waals surface area contributed by atoms with Crippen molar-refractivity contribution >= 4 is 17.7 Å². The lowest BCUT2D eigenvalue weighted by Gasteiger charge is -2.24. The van der Waals surface area contributed by atoms with E-state index < -0.39 is 5.91 Å². The number of allylic oxidation sites excluding steroid dienone is 1. The van der Waals surface area contributed by atoms with E-state index in [1.165, 1.54) is 6.07 Å². The van der Waals surface area contributed by atoms with E-state index in [0.29, 0.717) is 5.56 Å². The van der Waals surface area contributed by atoms with Crippen molar-refractivity contribution < 1.29 is 15.0 Å². The average Bonchev–Trinajstić information content (AvgIpc) is 2.97. The number of phenolic OH excluding ortho intramolecular Hbond substituents is 2. The van der Waals surface area contributed by atoms with Crippen LogP contribution in [-0.2, 0) is 0 Å². The molecule has 0 atom stereocenters. The van der Waals surface area contributed by atoms with Crippen LogP contribution in [0.25, 0.3) is 16.7 Å². The summed E-state index contributed by atoms with van der Waals surface area (Å²) in [4.78, 5) is 13.5. The highest BCUT2D eigenvalue weighted by Gasteiger charge is 2.26. The van der Waals surface area contributed by atoms with E-state index in [2.05, 4.69) is 87.7 Å². The molecule has 0 aromatic heterocycles. The van der Waals surface area contributed by atoms with Gasteiger partial charge >= 0.3 is 0 Å². The van der Waals surface area contributed by atoms with Crippen LogP contribution in [0.4, 0.5) is 0 Å². The van der Waals surface area contributed by atoms with Crippen LogP contribution < -0.4 is 5.32 Å². The van der Waals surface area contributed by atoms with Gasteiger partial charge in [-0.15, -0.1) is 5.10 Å². The smallest absolute Gasteiger partial charge is 0.256 e. The van der Waals surface area contributed by atoms with E-state index in [0.717, 1.165) is 55.0 Å². The molecule has 2 aromatic rings. The van der Waals surface area contributed by atoms with E-state index in [1.54, 1.807) is 0 Å². The van der Waals surface area contributed by atoms with Crippen LogP contribution in [0.5, 0.6) is 11.5 Å². The molecule has 1 amide bonds. The number of phenols is 2. The molecule has 218 valence electrons. The lowest BCUT2D eigenvalue weighted by atomic mass is 9.89. The summed E-state index contributed by atoms with van der Waals surface area (Å²) in [6, 6.07) is 6.92. The number of carbonyl (C=O) groups excluding carboxylic acids is 1.